The van der Waals surface area contributed by atoms with Crippen molar-refractivity contribution in [2.75, 3.05) is 29.0 Å². The SMILES string of the molecule is Nc1nc(N2CCCCC2)nc2c1[C@@H](c1cccc(Cl)c1)C1=C(CCCC1=O)N2. The molecule has 1 aromatic carbocycles. The molecular formula is C22H24ClN5O. The summed E-state index contributed by atoms with van der Waals surface area (Å²) in [6, 6.07) is 7.65. The summed E-state index contributed by atoms with van der Waals surface area (Å²) in [7, 11) is 0. The minimum Gasteiger partial charge on any atom is -0.383 e. The Kier molecular flexibility index (Phi) is 4.66. The summed E-state index contributed by atoms with van der Waals surface area (Å²) in [5.41, 5.74) is 9.97. The summed E-state index contributed by atoms with van der Waals surface area (Å²) in [4.78, 5) is 24.6. The van der Waals surface area contributed by atoms with E-state index in [0.29, 0.717) is 23.2 Å². The third-order valence-electron chi connectivity index (χ3n) is 6.09. The number of hydrogen-bond donors (Lipinski definition) is 2. The van der Waals surface area contributed by atoms with Crippen LogP contribution in [0.2, 0.25) is 5.02 Å². The molecule has 1 fully saturated rings. The number of benzene rings is 1. The molecule has 0 amide bonds. The average Bonchev–Trinajstić information content (AvgIpc) is 2.73. The number of piperidine rings is 1. The first kappa shape index (κ1) is 18.4. The van der Waals surface area contributed by atoms with E-state index in [1.165, 1.54) is 6.42 Å². The maximum atomic E-state index is 12.9. The highest BCUT2D eigenvalue weighted by Crippen LogP contribution is 2.47. The molecule has 5 rings (SSSR count). The molecule has 1 saturated heterocycles. The van der Waals surface area contributed by atoms with Gasteiger partial charge in [-0.15, -0.1) is 0 Å². The summed E-state index contributed by atoms with van der Waals surface area (Å²) < 4.78 is 0. The van der Waals surface area contributed by atoms with Crippen molar-refractivity contribution in [1.82, 2.24) is 9.97 Å². The third-order valence-corrected chi connectivity index (χ3v) is 6.32. The van der Waals surface area contributed by atoms with Crippen molar-refractivity contribution >= 4 is 35.0 Å². The lowest BCUT2D eigenvalue weighted by atomic mass is 9.76. The Morgan fingerprint density at radius 1 is 1.10 bits per heavy atom. The first-order valence-electron chi connectivity index (χ1n) is 10.3. The predicted octanol–water partition coefficient (Wildman–Crippen LogP) is 4.27. The molecule has 0 unspecified atom stereocenters. The number of carbonyl (C=O) groups excluding carboxylic acids is 1. The minimum absolute atomic E-state index is 0.161. The third kappa shape index (κ3) is 3.25. The highest BCUT2D eigenvalue weighted by Gasteiger charge is 2.38. The van der Waals surface area contributed by atoms with Crippen molar-refractivity contribution in [3.8, 4) is 0 Å². The highest BCUT2D eigenvalue weighted by molar-refractivity contribution is 6.30. The molecule has 0 bridgehead atoms. The van der Waals surface area contributed by atoms with E-state index >= 15 is 0 Å². The zero-order chi connectivity index (χ0) is 20.0. The Morgan fingerprint density at radius 3 is 2.72 bits per heavy atom. The number of anilines is 3. The van der Waals surface area contributed by atoms with Crippen LogP contribution in [-0.4, -0.2) is 28.8 Å². The van der Waals surface area contributed by atoms with Gasteiger partial charge in [-0.25, -0.2) is 0 Å². The number of Topliss-reactive ketones (excluding diaryl/α,β-unsaturated/α-hetero) is 1. The molecule has 2 aromatic rings. The van der Waals surface area contributed by atoms with Gasteiger partial charge in [0.2, 0.25) is 5.95 Å². The van der Waals surface area contributed by atoms with Gasteiger partial charge >= 0.3 is 0 Å². The molecule has 150 valence electrons. The lowest BCUT2D eigenvalue weighted by Crippen LogP contribution is -2.33. The largest absolute Gasteiger partial charge is 0.383 e. The molecule has 3 N–H and O–H groups in total. The summed E-state index contributed by atoms with van der Waals surface area (Å²) in [5.74, 6) is 1.69. The number of fused-ring (bicyclic) bond motifs is 1. The van der Waals surface area contributed by atoms with Crippen LogP contribution in [0, 0.1) is 0 Å². The zero-order valence-corrected chi connectivity index (χ0v) is 17.0. The van der Waals surface area contributed by atoms with Crippen LogP contribution in [0.3, 0.4) is 0 Å². The number of nitrogens with one attached hydrogen (secondary N) is 1. The topological polar surface area (TPSA) is 84.1 Å². The summed E-state index contributed by atoms with van der Waals surface area (Å²) in [6.07, 6.45) is 5.76. The quantitative estimate of drug-likeness (QED) is 0.770. The maximum Gasteiger partial charge on any atom is 0.229 e. The highest BCUT2D eigenvalue weighted by atomic mass is 35.5. The number of ketones is 1. The molecule has 1 aliphatic carbocycles. The molecule has 29 heavy (non-hydrogen) atoms. The Morgan fingerprint density at radius 2 is 1.93 bits per heavy atom. The molecule has 0 spiro atoms. The van der Waals surface area contributed by atoms with Crippen molar-refractivity contribution in [2.45, 2.75) is 44.4 Å². The van der Waals surface area contributed by atoms with E-state index in [1.807, 2.05) is 24.3 Å². The molecule has 6 nitrogen and oxygen atoms in total. The normalized spacial score (nSPS) is 21.5. The van der Waals surface area contributed by atoms with Gasteiger partial charge in [0.25, 0.3) is 0 Å². The van der Waals surface area contributed by atoms with Gasteiger partial charge in [-0.05, 0) is 49.8 Å². The number of hydrogen-bond acceptors (Lipinski definition) is 6. The molecule has 3 aliphatic rings. The van der Waals surface area contributed by atoms with Crippen molar-refractivity contribution in [3.05, 3.63) is 51.7 Å². The summed E-state index contributed by atoms with van der Waals surface area (Å²) in [5, 5.41) is 4.07. The van der Waals surface area contributed by atoms with Crippen molar-refractivity contribution in [2.24, 2.45) is 0 Å². The van der Waals surface area contributed by atoms with Crippen LogP contribution in [-0.2, 0) is 4.79 Å². The second kappa shape index (κ2) is 7.34. The van der Waals surface area contributed by atoms with E-state index < -0.39 is 0 Å². The molecule has 1 atom stereocenters. The first-order chi connectivity index (χ1) is 14.1. The van der Waals surface area contributed by atoms with Crippen LogP contribution in [0.1, 0.15) is 55.6 Å². The number of aromatic nitrogens is 2. The summed E-state index contributed by atoms with van der Waals surface area (Å²) >= 11 is 6.28. The molecule has 0 radical (unpaired) electrons. The standard InChI is InChI=1S/C22H24ClN5O/c23-14-7-4-6-13(12-14)17-18-15(8-5-9-16(18)29)25-21-19(17)20(24)26-22(27-21)28-10-2-1-3-11-28/h4,6-7,12,17H,1-3,5,8-11H2,(H3,24,25,26,27)/t17-/m0/s1. The van der Waals surface area contributed by atoms with E-state index in [4.69, 9.17) is 22.3 Å². The number of nitrogen functional groups attached to an aromatic ring is 1. The van der Waals surface area contributed by atoms with Crippen LogP contribution >= 0.6 is 11.6 Å². The van der Waals surface area contributed by atoms with Gasteiger partial charge in [0.05, 0.1) is 0 Å². The zero-order valence-electron chi connectivity index (χ0n) is 16.2. The fraction of sp³-hybridized carbons (Fsp3) is 0.409. The van der Waals surface area contributed by atoms with Crippen LogP contribution < -0.4 is 16.0 Å². The smallest absolute Gasteiger partial charge is 0.229 e. The van der Waals surface area contributed by atoms with Gasteiger partial charge in [0.15, 0.2) is 5.78 Å². The monoisotopic (exact) mass is 409 g/mol. The van der Waals surface area contributed by atoms with Crippen LogP contribution in [0.15, 0.2) is 35.5 Å². The van der Waals surface area contributed by atoms with Gasteiger partial charge in [0.1, 0.15) is 11.6 Å². The maximum absolute atomic E-state index is 12.9. The number of halogens is 1. The molecule has 7 heteroatoms. The number of allylic oxidation sites excluding steroid dienone is 2. The molecule has 0 saturated carbocycles. The lowest BCUT2D eigenvalue weighted by molar-refractivity contribution is -0.116. The fourth-order valence-corrected chi connectivity index (χ4v) is 4.92. The first-order valence-corrected chi connectivity index (χ1v) is 10.7. The van der Waals surface area contributed by atoms with Gasteiger partial charge in [-0.2, -0.15) is 9.97 Å². The van der Waals surface area contributed by atoms with Crippen LogP contribution in [0.4, 0.5) is 17.6 Å². The minimum atomic E-state index is -0.289. The Balaban J connectivity index is 1.67. The average molecular weight is 410 g/mol. The van der Waals surface area contributed by atoms with Crippen LogP contribution in [0.25, 0.3) is 0 Å². The van der Waals surface area contributed by atoms with E-state index in [0.717, 1.165) is 67.0 Å². The second-order valence-electron chi connectivity index (χ2n) is 8.00. The summed E-state index contributed by atoms with van der Waals surface area (Å²) in [6.45, 7) is 1.89. The molecular weight excluding hydrogens is 386 g/mol. The lowest BCUT2D eigenvalue weighted by Gasteiger charge is -2.35. The van der Waals surface area contributed by atoms with Crippen molar-refractivity contribution in [1.29, 1.82) is 0 Å². The van der Waals surface area contributed by atoms with Crippen LogP contribution in [0.5, 0.6) is 0 Å². The fourth-order valence-electron chi connectivity index (χ4n) is 4.72. The molecule has 1 aromatic heterocycles. The van der Waals surface area contributed by atoms with Crippen molar-refractivity contribution < 1.29 is 4.79 Å². The van der Waals surface area contributed by atoms with E-state index in [2.05, 4.69) is 15.2 Å². The number of carbonyl (C=O) groups is 1. The van der Waals surface area contributed by atoms with Gasteiger partial charge in [0, 0.05) is 47.3 Å². The van der Waals surface area contributed by atoms with Gasteiger partial charge < -0.3 is 16.0 Å². The van der Waals surface area contributed by atoms with Gasteiger partial charge in [-0.3, -0.25) is 4.79 Å². The Labute approximate surface area is 175 Å². The van der Waals surface area contributed by atoms with E-state index in [9.17, 15) is 4.79 Å². The predicted molar refractivity (Wildman–Crippen MR) is 115 cm³/mol. The number of nitrogens with two attached hydrogens (primary N) is 1. The molecule has 3 heterocycles. The number of nitrogens with zero attached hydrogens (tertiary/aromatic N) is 3. The van der Waals surface area contributed by atoms with E-state index in [1.54, 1.807) is 0 Å². The Bertz CT molecular complexity index is 1010. The number of rotatable bonds is 2. The molecule has 2 aliphatic heterocycles. The van der Waals surface area contributed by atoms with Gasteiger partial charge in [-0.1, -0.05) is 23.7 Å². The van der Waals surface area contributed by atoms with E-state index in [-0.39, 0.29) is 11.7 Å². The van der Waals surface area contributed by atoms with Crippen molar-refractivity contribution in [3.63, 3.8) is 0 Å². The Hall–Kier alpha value is -2.60. The second-order valence-corrected chi connectivity index (χ2v) is 8.44.